The quantitative estimate of drug-likeness (QED) is 0.573. The molecule has 0 saturated carbocycles. The third-order valence-electron chi connectivity index (χ3n) is 4.29. The number of methoxy groups -OCH3 is 1. The number of para-hydroxylation sites is 1. The highest BCUT2D eigenvalue weighted by Gasteiger charge is 2.04. The third kappa shape index (κ3) is 6.31. The van der Waals surface area contributed by atoms with E-state index in [-0.39, 0.29) is 12.4 Å². The van der Waals surface area contributed by atoms with Crippen molar-refractivity contribution in [1.82, 2.24) is 5.32 Å². The molecule has 0 heterocycles. The number of ether oxygens (including phenoxy) is 2. The molecule has 3 rings (SSSR count). The molecular weight excluding hydrogens is 358 g/mol. The highest BCUT2D eigenvalue weighted by Crippen LogP contribution is 2.20. The highest BCUT2D eigenvalue weighted by atomic mass is 35.5. The van der Waals surface area contributed by atoms with Gasteiger partial charge in [-0.05, 0) is 36.2 Å². The number of benzene rings is 3. The van der Waals surface area contributed by atoms with Crippen LogP contribution in [0.2, 0.25) is 0 Å². The van der Waals surface area contributed by atoms with Crippen molar-refractivity contribution in [3.63, 3.8) is 0 Å². The lowest BCUT2D eigenvalue weighted by molar-refractivity contribution is 0.302. The highest BCUT2D eigenvalue weighted by molar-refractivity contribution is 5.85. The van der Waals surface area contributed by atoms with Crippen LogP contribution in [0.5, 0.6) is 11.5 Å². The monoisotopic (exact) mass is 383 g/mol. The van der Waals surface area contributed by atoms with Crippen molar-refractivity contribution in [2.24, 2.45) is 0 Å². The summed E-state index contributed by atoms with van der Waals surface area (Å²) < 4.78 is 11.2. The lowest BCUT2D eigenvalue weighted by Gasteiger charge is -2.13. The lowest BCUT2D eigenvalue weighted by atomic mass is 10.1. The number of aryl methyl sites for hydroxylation is 1. The summed E-state index contributed by atoms with van der Waals surface area (Å²) >= 11 is 0. The molecule has 0 spiro atoms. The fourth-order valence-corrected chi connectivity index (χ4v) is 2.72. The molecule has 1 N–H and O–H groups in total. The average molecular weight is 384 g/mol. The maximum atomic E-state index is 6.04. The summed E-state index contributed by atoms with van der Waals surface area (Å²) in [5, 5.41) is 3.48. The normalized spacial score (nSPS) is 10.1. The third-order valence-corrected chi connectivity index (χ3v) is 4.29. The van der Waals surface area contributed by atoms with Crippen molar-refractivity contribution in [1.29, 1.82) is 0 Å². The molecule has 4 heteroatoms. The molecule has 142 valence electrons. The Balaban J connectivity index is 0.00000261. The van der Waals surface area contributed by atoms with Gasteiger partial charge in [0.25, 0.3) is 0 Å². The SMILES string of the molecule is COc1ccc(CNCc2ccccc2OCc2ccc(C)cc2)cc1.Cl. The predicted octanol–water partition coefficient (Wildman–Crippen LogP) is 5.29. The van der Waals surface area contributed by atoms with E-state index in [4.69, 9.17) is 9.47 Å². The van der Waals surface area contributed by atoms with Crippen LogP contribution in [0, 0.1) is 6.92 Å². The molecule has 0 aliphatic carbocycles. The van der Waals surface area contributed by atoms with Crippen LogP contribution >= 0.6 is 12.4 Å². The first-order chi connectivity index (χ1) is 12.7. The lowest BCUT2D eigenvalue weighted by Crippen LogP contribution is -2.13. The van der Waals surface area contributed by atoms with E-state index in [1.165, 1.54) is 16.7 Å². The van der Waals surface area contributed by atoms with Gasteiger partial charge in [0.15, 0.2) is 0 Å². The Kier molecular flexibility index (Phi) is 8.18. The van der Waals surface area contributed by atoms with E-state index in [9.17, 15) is 0 Å². The molecule has 0 aliphatic heterocycles. The Labute approximate surface area is 167 Å². The van der Waals surface area contributed by atoms with Crippen LogP contribution in [0.4, 0.5) is 0 Å². The van der Waals surface area contributed by atoms with E-state index in [2.05, 4.69) is 54.7 Å². The second-order valence-electron chi connectivity index (χ2n) is 6.33. The van der Waals surface area contributed by atoms with E-state index in [1.54, 1.807) is 7.11 Å². The Morgan fingerprint density at radius 2 is 1.44 bits per heavy atom. The molecule has 0 aromatic heterocycles. The smallest absolute Gasteiger partial charge is 0.124 e. The summed E-state index contributed by atoms with van der Waals surface area (Å²) in [6, 6.07) is 24.7. The Morgan fingerprint density at radius 3 is 2.15 bits per heavy atom. The van der Waals surface area contributed by atoms with Gasteiger partial charge in [-0.1, -0.05) is 60.2 Å². The molecule has 0 amide bonds. The predicted molar refractivity (Wildman–Crippen MR) is 113 cm³/mol. The minimum absolute atomic E-state index is 0. The maximum Gasteiger partial charge on any atom is 0.124 e. The standard InChI is InChI=1S/C23H25NO2.ClH/c1-18-7-9-20(10-8-18)17-26-23-6-4-3-5-21(23)16-24-15-19-11-13-22(25-2)14-12-19;/h3-14,24H,15-17H2,1-2H3;1H. The second kappa shape index (κ2) is 10.6. The summed E-state index contributed by atoms with van der Waals surface area (Å²) in [6.45, 7) is 4.23. The maximum absolute atomic E-state index is 6.04. The summed E-state index contributed by atoms with van der Waals surface area (Å²) in [5.41, 5.74) is 4.82. The van der Waals surface area contributed by atoms with Crippen molar-refractivity contribution in [2.45, 2.75) is 26.6 Å². The zero-order valence-corrected chi connectivity index (χ0v) is 16.6. The minimum atomic E-state index is 0. The largest absolute Gasteiger partial charge is 0.497 e. The van der Waals surface area contributed by atoms with E-state index in [1.807, 2.05) is 30.3 Å². The minimum Gasteiger partial charge on any atom is -0.497 e. The molecule has 0 unspecified atom stereocenters. The molecule has 3 aromatic carbocycles. The molecule has 0 saturated heterocycles. The summed E-state index contributed by atoms with van der Waals surface area (Å²) in [4.78, 5) is 0. The van der Waals surface area contributed by atoms with Crippen LogP contribution in [0.25, 0.3) is 0 Å². The van der Waals surface area contributed by atoms with Crippen LogP contribution in [0.1, 0.15) is 22.3 Å². The van der Waals surface area contributed by atoms with Gasteiger partial charge in [0.05, 0.1) is 7.11 Å². The van der Waals surface area contributed by atoms with Crippen LogP contribution in [0.3, 0.4) is 0 Å². The summed E-state index contributed by atoms with van der Waals surface area (Å²) in [6.07, 6.45) is 0. The Bertz CT molecular complexity index is 817. The van der Waals surface area contributed by atoms with Gasteiger partial charge in [0.1, 0.15) is 18.1 Å². The van der Waals surface area contributed by atoms with Gasteiger partial charge in [-0.2, -0.15) is 0 Å². The van der Waals surface area contributed by atoms with E-state index >= 15 is 0 Å². The number of halogens is 1. The van der Waals surface area contributed by atoms with E-state index in [0.717, 1.165) is 30.2 Å². The zero-order valence-electron chi connectivity index (χ0n) is 15.8. The van der Waals surface area contributed by atoms with Crippen molar-refractivity contribution < 1.29 is 9.47 Å². The van der Waals surface area contributed by atoms with Gasteiger partial charge >= 0.3 is 0 Å². The first kappa shape index (κ1) is 20.8. The summed E-state index contributed by atoms with van der Waals surface area (Å²) in [5.74, 6) is 1.80. The van der Waals surface area contributed by atoms with Gasteiger partial charge in [-0.15, -0.1) is 12.4 Å². The first-order valence-electron chi connectivity index (χ1n) is 8.84. The molecular formula is C23H26ClNO2. The van der Waals surface area contributed by atoms with Crippen molar-refractivity contribution in [3.05, 3.63) is 95.1 Å². The average Bonchev–Trinajstić information content (AvgIpc) is 2.69. The molecule has 0 fully saturated rings. The molecule has 0 atom stereocenters. The van der Waals surface area contributed by atoms with Crippen LogP contribution < -0.4 is 14.8 Å². The van der Waals surface area contributed by atoms with E-state index in [0.29, 0.717) is 6.61 Å². The molecule has 0 radical (unpaired) electrons. The molecule has 0 aliphatic rings. The molecule has 0 bridgehead atoms. The topological polar surface area (TPSA) is 30.5 Å². The van der Waals surface area contributed by atoms with Gasteiger partial charge in [-0.3, -0.25) is 0 Å². The van der Waals surface area contributed by atoms with Gasteiger partial charge < -0.3 is 14.8 Å². The fraction of sp³-hybridized carbons (Fsp3) is 0.217. The summed E-state index contributed by atoms with van der Waals surface area (Å²) in [7, 11) is 1.68. The molecule has 3 nitrogen and oxygen atoms in total. The van der Waals surface area contributed by atoms with Crippen molar-refractivity contribution in [2.75, 3.05) is 7.11 Å². The van der Waals surface area contributed by atoms with Crippen molar-refractivity contribution >= 4 is 12.4 Å². The van der Waals surface area contributed by atoms with Gasteiger partial charge in [0, 0.05) is 18.7 Å². The number of rotatable bonds is 8. The van der Waals surface area contributed by atoms with Crippen molar-refractivity contribution in [3.8, 4) is 11.5 Å². The van der Waals surface area contributed by atoms with E-state index < -0.39 is 0 Å². The van der Waals surface area contributed by atoms with Gasteiger partial charge in [-0.25, -0.2) is 0 Å². The number of hydrogen-bond acceptors (Lipinski definition) is 3. The first-order valence-corrected chi connectivity index (χ1v) is 8.84. The molecule has 27 heavy (non-hydrogen) atoms. The van der Waals surface area contributed by atoms with Crippen LogP contribution in [0.15, 0.2) is 72.8 Å². The fourth-order valence-electron chi connectivity index (χ4n) is 2.72. The Hall–Kier alpha value is -2.49. The number of hydrogen-bond donors (Lipinski definition) is 1. The Morgan fingerprint density at radius 1 is 0.778 bits per heavy atom. The molecule has 3 aromatic rings. The van der Waals surface area contributed by atoms with Gasteiger partial charge in [0.2, 0.25) is 0 Å². The van der Waals surface area contributed by atoms with Crippen LogP contribution in [-0.4, -0.2) is 7.11 Å². The zero-order chi connectivity index (χ0) is 18.2. The van der Waals surface area contributed by atoms with Crippen LogP contribution in [-0.2, 0) is 19.7 Å². The number of nitrogens with one attached hydrogen (secondary N) is 1. The second-order valence-corrected chi connectivity index (χ2v) is 6.33.